The summed E-state index contributed by atoms with van der Waals surface area (Å²) in [6, 6.07) is -0.929. The molecule has 0 rings (SSSR count). The van der Waals surface area contributed by atoms with Crippen molar-refractivity contribution < 1.29 is 23.5 Å². The van der Waals surface area contributed by atoms with Gasteiger partial charge in [0.1, 0.15) is 11.6 Å². The second-order valence-corrected chi connectivity index (χ2v) is 13.5. The van der Waals surface area contributed by atoms with E-state index in [-0.39, 0.29) is 11.5 Å². The normalized spacial score (nSPS) is 14.3. The van der Waals surface area contributed by atoms with Crippen LogP contribution < -0.4 is 5.32 Å². The predicted molar refractivity (Wildman–Crippen MR) is 110 cm³/mol. The van der Waals surface area contributed by atoms with Crippen molar-refractivity contribution in [3.05, 3.63) is 12.7 Å². The third-order valence-electron chi connectivity index (χ3n) is 4.07. The molecule has 7 heteroatoms. The van der Waals surface area contributed by atoms with Gasteiger partial charge < -0.3 is 19.2 Å². The summed E-state index contributed by atoms with van der Waals surface area (Å²) < 4.78 is 16.7. The summed E-state index contributed by atoms with van der Waals surface area (Å²) in [7, 11) is -2.20. The smallest absolute Gasteiger partial charge is 0.408 e. The molecular formula is C20H35NO5Si. The van der Waals surface area contributed by atoms with Gasteiger partial charge in [0.15, 0.2) is 8.32 Å². The van der Waals surface area contributed by atoms with Crippen LogP contribution in [0.1, 0.15) is 54.9 Å². The SMILES string of the molecule is C=CCC(NC(=O)OC(C)(C)C)C(=O)O[C@H](C#CC)O[Si](C)(C)C(C)(C)C. The van der Waals surface area contributed by atoms with Crippen LogP contribution in [0.4, 0.5) is 4.79 Å². The number of carbonyl (C=O) groups is 2. The van der Waals surface area contributed by atoms with E-state index < -0.39 is 38.3 Å². The Hall–Kier alpha value is -1.78. The molecule has 0 aliphatic heterocycles. The van der Waals surface area contributed by atoms with E-state index in [9.17, 15) is 9.59 Å². The minimum absolute atomic E-state index is 0.0671. The lowest BCUT2D eigenvalue weighted by Gasteiger charge is -2.37. The number of nitrogens with one attached hydrogen (secondary N) is 1. The highest BCUT2D eigenvalue weighted by molar-refractivity contribution is 6.74. The molecule has 0 spiro atoms. The largest absolute Gasteiger partial charge is 0.444 e. The van der Waals surface area contributed by atoms with Crippen LogP contribution in [0.25, 0.3) is 0 Å². The minimum Gasteiger partial charge on any atom is -0.444 e. The van der Waals surface area contributed by atoms with Crippen LogP contribution in [0.3, 0.4) is 0 Å². The van der Waals surface area contributed by atoms with Crippen molar-refractivity contribution in [3.8, 4) is 11.8 Å². The lowest BCUT2D eigenvalue weighted by atomic mass is 10.2. The van der Waals surface area contributed by atoms with E-state index in [2.05, 4.69) is 44.5 Å². The molecule has 0 aliphatic rings. The van der Waals surface area contributed by atoms with Crippen LogP contribution in [-0.4, -0.2) is 38.3 Å². The molecule has 0 aromatic carbocycles. The van der Waals surface area contributed by atoms with Gasteiger partial charge in [-0.15, -0.1) is 12.5 Å². The molecule has 1 amide bonds. The van der Waals surface area contributed by atoms with Gasteiger partial charge in [-0.25, -0.2) is 9.59 Å². The van der Waals surface area contributed by atoms with E-state index in [1.165, 1.54) is 6.08 Å². The third kappa shape index (κ3) is 9.64. The Morgan fingerprint density at radius 1 is 1.19 bits per heavy atom. The van der Waals surface area contributed by atoms with Crippen LogP contribution in [0, 0.1) is 11.8 Å². The Bertz CT molecular complexity index is 590. The maximum atomic E-state index is 12.6. The average Bonchev–Trinajstić information content (AvgIpc) is 2.43. The fourth-order valence-corrected chi connectivity index (χ4v) is 2.66. The summed E-state index contributed by atoms with van der Waals surface area (Å²) in [5, 5.41) is 2.45. The van der Waals surface area contributed by atoms with Crippen molar-refractivity contribution in [3.63, 3.8) is 0 Å². The van der Waals surface area contributed by atoms with Crippen molar-refractivity contribution in [2.45, 2.75) is 91.0 Å². The first-order valence-corrected chi connectivity index (χ1v) is 11.9. The van der Waals surface area contributed by atoms with E-state index in [4.69, 9.17) is 13.9 Å². The number of esters is 1. The molecule has 27 heavy (non-hydrogen) atoms. The highest BCUT2D eigenvalue weighted by atomic mass is 28.4. The molecule has 0 bridgehead atoms. The molecule has 0 aromatic heterocycles. The molecule has 0 radical (unpaired) electrons. The molecule has 0 fully saturated rings. The summed E-state index contributed by atoms with van der Waals surface area (Å²) in [5.74, 6) is 4.86. The van der Waals surface area contributed by atoms with Gasteiger partial charge in [-0.3, -0.25) is 0 Å². The fraction of sp³-hybridized carbons (Fsp3) is 0.700. The lowest BCUT2D eigenvalue weighted by molar-refractivity contribution is -0.160. The standard InChI is InChI=1S/C20H35NO5Si/c1-11-13-15(21-18(23)25-19(3,4)5)17(22)24-16(14-12-2)26-27(9,10)20(6,7)8/h11,15-16H,1,13H2,2-10H3,(H,21,23)/t15?,16-/m0/s1. The van der Waals surface area contributed by atoms with Gasteiger partial charge in [0.25, 0.3) is 6.29 Å². The lowest BCUT2D eigenvalue weighted by Crippen LogP contribution is -2.48. The third-order valence-corrected chi connectivity index (χ3v) is 8.49. The molecular weight excluding hydrogens is 362 g/mol. The van der Waals surface area contributed by atoms with Gasteiger partial charge in [-0.2, -0.15) is 0 Å². The number of ether oxygens (including phenoxy) is 2. The molecule has 1 unspecified atom stereocenters. The van der Waals surface area contributed by atoms with Crippen molar-refractivity contribution in [1.29, 1.82) is 0 Å². The first-order chi connectivity index (χ1) is 12.1. The molecule has 0 aromatic rings. The molecule has 0 saturated carbocycles. The zero-order valence-electron chi connectivity index (χ0n) is 18.2. The van der Waals surface area contributed by atoms with Gasteiger partial charge in [-0.1, -0.05) is 26.8 Å². The minimum atomic E-state index is -2.20. The number of alkyl carbamates (subject to hydrolysis) is 1. The van der Waals surface area contributed by atoms with Crippen molar-refractivity contribution >= 4 is 20.4 Å². The number of hydrogen-bond acceptors (Lipinski definition) is 5. The number of hydrogen-bond donors (Lipinski definition) is 1. The Morgan fingerprint density at radius 3 is 2.15 bits per heavy atom. The Morgan fingerprint density at radius 2 is 1.74 bits per heavy atom. The Balaban J connectivity index is 5.21. The zero-order valence-corrected chi connectivity index (χ0v) is 19.2. The summed E-state index contributed by atoms with van der Waals surface area (Å²) in [6.07, 6.45) is 0.0361. The van der Waals surface area contributed by atoms with Crippen LogP contribution in [0.5, 0.6) is 0 Å². The molecule has 6 nitrogen and oxygen atoms in total. The van der Waals surface area contributed by atoms with Crippen molar-refractivity contribution in [1.82, 2.24) is 5.32 Å². The second-order valence-electron chi connectivity index (χ2n) is 8.76. The van der Waals surface area contributed by atoms with Gasteiger partial charge in [0.05, 0.1) is 0 Å². The second kappa shape index (κ2) is 9.95. The summed E-state index contributed by atoms with van der Waals surface area (Å²) in [4.78, 5) is 24.6. The van der Waals surface area contributed by atoms with E-state index >= 15 is 0 Å². The highest BCUT2D eigenvalue weighted by Gasteiger charge is 2.40. The molecule has 0 aliphatic carbocycles. The monoisotopic (exact) mass is 397 g/mol. The van der Waals surface area contributed by atoms with E-state index in [1.54, 1.807) is 27.7 Å². The number of amides is 1. The Kier molecular flexibility index (Phi) is 9.29. The summed E-state index contributed by atoms with van der Waals surface area (Å²) in [5.41, 5.74) is -0.672. The molecule has 1 N–H and O–H groups in total. The first-order valence-electron chi connectivity index (χ1n) is 9.04. The average molecular weight is 398 g/mol. The first kappa shape index (κ1) is 25.2. The van der Waals surface area contributed by atoms with Crippen molar-refractivity contribution in [2.75, 3.05) is 0 Å². The number of carbonyl (C=O) groups excluding carboxylic acids is 2. The molecule has 154 valence electrons. The predicted octanol–water partition coefficient (Wildman–Crippen LogP) is 4.37. The van der Waals surface area contributed by atoms with Crippen molar-refractivity contribution in [2.24, 2.45) is 0 Å². The van der Waals surface area contributed by atoms with Gasteiger partial charge in [-0.05, 0) is 58.2 Å². The summed E-state index contributed by atoms with van der Waals surface area (Å²) >= 11 is 0. The van der Waals surface area contributed by atoms with Gasteiger partial charge in [0.2, 0.25) is 0 Å². The number of rotatable bonds is 7. The molecule has 2 atom stereocenters. The maximum absolute atomic E-state index is 12.6. The zero-order chi connectivity index (χ0) is 21.5. The van der Waals surface area contributed by atoms with Crippen LogP contribution >= 0.6 is 0 Å². The van der Waals surface area contributed by atoms with E-state index in [1.807, 2.05) is 13.1 Å². The topological polar surface area (TPSA) is 73.9 Å². The molecule has 0 saturated heterocycles. The quantitative estimate of drug-likeness (QED) is 0.227. The van der Waals surface area contributed by atoms with Crippen LogP contribution in [0.2, 0.25) is 18.1 Å². The Labute approximate surface area is 165 Å². The molecule has 0 heterocycles. The summed E-state index contributed by atoms with van der Waals surface area (Å²) in [6.45, 7) is 20.8. The fourth-order valence-electron chi connectivity index (χ4n) is 1.66. The van der Waals surface area contributed by atoms with E-state index in [0.717, 1.165) is 0 Å². The van der Waals surface area contributed by atoms with Crippen LogP contribution in [-0.2, 0) is 18.7 Å². The van der Waals surface area contributed by atoms with E-state index in [0.29, 0.717) is 0 Å². The highest BCUT2D eigenvalue weighted by Crippen LogP contribution is 2.37. The van der Waals surface area contributed by atoms with Crippen LogP contribution in [0.15, 0.2) is 12.7 Å². The maximum Gasteiger partial charge on any atom is 0.408 e. The van der Waals surface area contributed by atoms with Gasteiger partial charge in [0, 0.05) is 0 Å². The van der Waals surface area contributed by atoms with Gasteiger partial charge >= 0.3 is 12.1 Å².